The average Bonchev–Trinajstić information content (AvgIpc) is 2.92. The van der Waals surface area contributed by atoms with Crippen molar-refractivity contribution in [2.45, 2.75) is 33.4 Å². The zero-order valence-corrected chi connectivity index (χ0v) is 17.4. The van der Waals surface area contributed by atoms with E-state index in [1.165, 1.54) is 22.2 Å². The summed E-state index contributed by atoms with van der Waals surface area (Å²) < 4.78 is 7.74. The monoisotopic (exact) mass is 404 g/mol. The summed E-state index contributed by atoms with van der Waals surface area (Å²) in [6.45, 7) is 8.31. The van der Waals surface area contributed by atoms with Crippen LogP contribution < -0.4 is 5.32 Å². The number of aromatic nitrogens is 1. The molecule has 27 heavy (non-hydrogen) atoms. The van der Waals surface area contributed by atoms with Crippen molar-refractivity contribution in [1.29, 1.82) is 0 Å². The zero-order valence-electron chi connectivity index (χ0n) is 15.9. The first-order chi connectivity index (χ1) is 13.1. The SMILES string of the molecule is CCOCCCNCc1c(C)n(Cc2ccc(Cl)cc2Cl)c2ccccc12. The molecule has 0 atom stereocenters. The lowest BCUT2D eigenvalue weighted by Gasteiger charge is -2.11. The largest absolute Gasteiger partial charge is 0.382 e. The van der Waals surface area contributed by atoms with Crippen molar-refractivity contribution in [3.63, 3.8) is 0 Å². The van der Waals surface area contributed by atoms with E-state index in [-0.39, 0.29) is 0 Å². The van der Waals surface area contributed by atoms with Gasteiger partial charge in [0.2, 0.25) is 0 Å². The highest BCUT2D eigenvalue weighted by atomic mass is 35.5. The number of nitrogens with zero attached hydrogens (tertiary/aromatic N) is 1. The molecule has 0 unspecified atom stereocenters. The van der Waals surface area contributed by atoms with Gasteiger partial charge < -0.3 is 14.6 Å². The Morgan fingerprint density at radius 3 is 2.70 bits per heavy atom. The van der Waals surface area contributed by atoms with Crippen LogP contribution in [0, 0.1) is 6.92 Å². The molecule has 0 saturated carbocycles. The highest BCUT2D eigenvalue weighted by Crippen LogP contribution is 2.29. The minimum atomic E-state index is 0.662. The Hall–Kier alpha value is -1.52. The molecule has 1 heterocycles. The van der Waals surface area contributed by atoms with Crippen molar-refractivity contribution in [2.75, 3.05) is 19.8 Å². The highest BCUT2D eigenvalue weighted by Gasteiger charge is 2.14. The van der Waals surface area contributed by atoms with Gasteiger partial charge >= 0.3 is 0 Å². The molecule has 0 radical (unpaired) electrons. The molecule has 0 spiro atoms. The molecule has 144 valence electrons. The molecule has 1 N–H and O–H groups in total. The summed E-state index contributed by atoms with van der Waals surface area (Å²) in [6, 6.07) is 14.3. The van der Waals surface area contributed by atoms with Crippen molar-refractivity contribution in [3.05, 3.63) is 69.3 Å². The van der Waals surface area contributed by atoms with Crippen LogP contribution in [0.15, 0.2) is 42.5 Å². The topological polar surface area (TPSA) is 26.2 Å². The number of hydrogen-bond donors (Lipinski definition) is 1. The first-order valence-electron chi connectivity index (χ1n) is 9.41. The average molecular weight is 405 g/mol. The molecule has 0 aliphatic heterocycles. The van der Waals surface area contributed by atoms with Crippen LogP contribution in [0.2, 0.25) is 10.0 Å². The maximum Gasteiger partial charge on any atom is 0.0493 e. The number of nitrogens with one attached hydrogen (secondary N) is 1. The van der Waals surface area contributed by atoms with Crippen LogP contribution in [0.1, 0.15) is 30.2 Å². The molecule has 3 nitrogen and oxygen atoms in total. The van der Waals surface area contributed by atoms with Gasteiger partial charge in [0.25, 0.3) is 0 Å². The van der Waals surface area contributed by atoms with E-state index in [1.54, 1.807) is 6.07 Å². The Balaban J connectivity index is 1.82. The van der Waals surface area contributed by atoms with Crippen LogP contribution in [-0.2, 0) is 17.8 Å². The van der Waals surface area contributed by atoms with Crippen molar-refractivity contribution in [2.24, 2.45) is 0 Å². The van der Waals surface area contributed by atoms with E-state index in [0.717, 1.165) is 44.8 Å². The zero-order chi connectivity index (χ0) is 19.2. The van der Waals surface area contributed by atoms with Crippen LogP contribution in [0.5, 0.6) is 0 Å². The van der Waals surface area contributed by atoms with Crippen LogP contribution in [0.3, 0.4) is 0 Å². The maximum atomic E-state index is 6.41. The standard InChI is InChI=1S/C22H26Cl2N2O/c1-3-27-12-6-11-25-14-20-16(2)26(22-8-5-4-7-19(20)22)15-17-9-10-18(23)13-21(17)24/h4-5,7-10,13,25H,3,6,11-12,14-15H2,1-2H3. The Labute approximate surface area is 171 Å². The van der Waals surface area contributed by atoms with Gasteiger partial charge in [-0.15, -0.1) is 0 Å². The van der Waals surface area contributed by atoms with Crippen molar-refractivity contribution in [1.82, 2.24) is 9.88 Å². The van der Waals surface area contributed by atoms with E-state index in [0.29, 0.717) is 10.0 Å². The lowest BCUT2D eigenvalue weighted by atomic mass is 10.1. The number of ether oxygens (including phenoxy) is 1. The Kier molecular flexibility index (Phi) is 7.20. The van der Waals surface area contributed by atoms with Gasteiger partial charge in [0.15, 0.2) is 0 Å². The van der Waals surface area contributed by atoms with Crippen molar-refractivity contribution in [3.8, 4) is 0 Å². The van der Waals surface area contributed by atoms with Gasteiger partial charge in [-0.2, -0.15) is 0 Å². The molecule has 2 aromatic carbocycles. The lowest BCUT2D eigenvalue weighted by molar-refractivity contribution is 0.144. The molecule has 0 aliphatic rings. The van der Waals surface area contributed by atoms with Gasteiger partial charge in [-0.1, -0.05) is 47.5 Å². The third kappa shape index (κ3) is 4.85. The predicted molar refractivity (Wildman–Crippen MR) is 115 cm³/mol. The Morgan fingerprint density at radius 2 is 1.93 bits per heavy atom. The molecular formula is C22H26Cl2N2O. The van der Waals surface area contributed by atoms with E-state index in [4.69, 9.17) is 27.9 Å². The number of fused-ring (bicyclic) bond motifs is 1. The molecule has 0 amide bonds. The fourth-order valence-corrected chi connectivity index (χ4v) is 3.88. The first-order valence-corrected chi connectivity index (χ1v) is 10.2. The van der Waals surface area contributed by atoms with Gasteiger partial charge in [-0.05, 0) is 56.1 Å². The van der Waals surface area contributed by atoms with E-state index in [9.17, 15) is 0 Å². The molecule has 0 bridgehead atoms. The second-order valence-electron chi connectivity index (χ2n) is 6.63. The summed E-state index contributed by atoms with van der Waals surface area (Å²) in [5, 5.41) is 6.21. The van der Waals surface area contributed by atoms with Gasteiger partial charge in [0.1, 0.15) is 0 Å². The minimum absolute atomic E-state index is 0.662. The highest BCUT2D eigenvalue weighted by molar-refractivity contribution is 6.35. The third-order valence-corrected chi connectivity index (χ3v) is 5.44. The third-order valence-electron chi connectivity index (χ3n) is 4.85. The Bertz CT molecular complexity index is 905. The van der Waals surface area contributed by atoms with Gasteiger partial charge in [-0.3, -0.25) is 0 Å². The number of benzene rings is 2. The van der Waals surface area contributed by atoms with Gasteiger partial charge in [0, 0.05) is 52.9 Å². The fourth-order valence-electron chi connectivity index (χ4n) is 3.41. The van der Waals surface area contributed by atoms with Gasteiger partial charge in [-0.25, -0.2) is 0 Å². The van der Waals surface area contributed by atoms with E-state index < -0.39 is 0 Å². The number of hydrogen-bond acceptors (Lipinski definition) is 2. The molecule has 0 saturated heterocycles. The molecule has 5 heteroatoms. The second-order valence-corrected chi connectivity index (χ2v) is 7.47. The summed E-state index contributed by atoms with van der Waals surface area (Å²) in [7, 11) is 0. The fraction of sp³-hybridized carbons (Fsp3) is 0.364. The van der Waals surface area contributed by atoms with E-state index >= 15 is 0 Å². The van der Waals surface area contributed by atoms with E-state index in [1.807, 2.05) is 19.1 Å². The van der Waals surface area contributed by atoms with Crippen LogP contribution in [0.4, 0.5) is 0 Å². The normalized spacial score (nSPS) is 11.4. The number of para-hydroxylation sites is 1. The predicted octanol–water partition coefficient (Wildman–Crippen LogP) is 5.82. The van der Waals surface area contributed by atoms with Gasteiger partial charge in [0.05, 0.1) is 0 Å². The second kappa shape index (κ2) is 9.61. The van der Waals surface area contributed by atoms with Crippen LogP contribution in [0.25, 0.3) is 10.9 Å². The molecular weight excluding hydrogens is 379 g/mol. The minimum Gasteiger partial charge on any atom is -0.382 e. The summed E-state index contributed by atoms with van der Waals surface area (Å²) in [6.07, 6.45) is 1.02. The molecule has 1 aromatic heterocycles. The van der Waals surface area contributed by atoms with Crippen molar-refractivity contribution < 1.29 is 4.74 Å². The summed E-state index contributed by atoms with van der Waals surface area (Å²) in [5.41, 5.74) is 4.90. The molecule has 3 aromatic rings. The summed E-state index contributed by atoms with van der Waals surface area (Å²) in [4.78, 5) is 0. The Morgan fingerprint density at radius 1 is 1.11 bits per heavy atom. The van der Waals surface area contributed by atoms with E-state index in [2.05, 4.69) is 41.1 Å². The maximum absolute atomic E-state index is 6.41. The molecule has 0 fully saturated rings. The summed E-state index contributed by atoms with van der Waals surface area (Å²) >= 11 is 12.5. The molecule has 3 rings (SSSR count). The quantitative estimate of drug-likeness (QED) is 0.454. The van der Waals surface area contributed by atoms with Crippen molar-refractivity contribution >= 4 is 34.1 Å². The number of halogens is 2. The van der Waals surface area contributed by atoms with Crippen LogP contribution in [-0.4, -0.2) is 24.3 Å². The first kappa shape index (κ1) is 20.2. The van der Waals surface area contributed by atoms with Crippen LogP contribution >= 0.6 is 23.2 Å². The molecule has 0 aliphatic carbocycles. The smallest absolute Gasteiger partial charge is 0.0493 e. The lowest BCUT2D eigenvalue weighted by Crippen LogP contribution is -2.17. The number of rotatable bonds is 9. The summed E-state index contributed by atoms with van der Waals surface area (Å²) in [5.74, 6) is 0.